The van der Waals surface area contributed by atoms with Gasteiger partial charge in [0.05, 0.1) is 21.5 Å². The Bertz CT molecular complexity index is 1390. The molecule has 2 heterocycles. The van der Waals surface area contributed by atoms with Gasteiger partial charge in [-0.2, -0.15) is 0 Å². The quantitative estimate of drug-likeness (QED) is 0.326. The Kier molecular flexibility index (Phi) is 4.08. The third-order valence-electron chi connectivity index (χ3n) is 4.94. The summed E-state index contributed by atoms with van der Waals surface area (Å²) in [4.78, 5) is 36.2. The Morgan fingerprint density at radius 3 is 2.34 bits per heavy atom. The molecule has 0 unspecified atom stereocenters. The van der Waals surface area contributed by atoms with Crippen molar-refractivity contribution in [3.63, 3.8) is 0 Å². The third kappa shape index (κ3) is 2.80. The third-order valence-corrected chi connectivity index (χ3v) is 4.94. The fourth-order valence-electron chi connectivity index (χ4n) is 3.43. The molecule has 0 aliphatic carbocycles. The molecule has 0 fully saturated rings. The molecule has 0 spiro atoms. The van der Waals surface area contributed by atoms with Crippen LogP contribution in [0, 0.1) is 10.1 Å². The summed E-state index contributed by atoms with van der Waals surface area (Å²) in [5.41, 5.74) is 7.42. The fraction of sp³-hybridized carbons (Fsp3) is 0.100. The maximum atomic E-state index is 13.0. The van der Waals surface area contributed by atoms with E-state index in [9.17, 15) is 19.7 Å². The standard InChI is InChI=1S/C20H17N5O4/c1-22-16-11-24(14-8-6-13(21)7-9-14)18(17(16)19(26)23(2)20(22)27)12-4-3-5-15(10-12)25(28)29/h3-11H,21H2,1-2H3. The van der Waals surface area contributed by atoms with Crippen LogP contribution in [-0.4, -0.2) is 18.6 Å². The van der Waals surface area contributed by atoms with Gasteiger partial charge in [-0.1, -0.05) is 12.1 Å². The number of nitrogens with zero attached hydrogens (tertiary/aromatic N) is 4. The van der Waals surface area contributed by atoms with E-state index in [1.807, 2.05) is 0 Å². The molecule has 146 valence electrons. The second kappa shape index (κ2) is 6.48. The predicted molar refractivity (Wildman–Crippen MR) is 110 cm³/mol. The van der Waals surface area contributed by atoms with Gasteiger partial charge < -0.3 is 10.3 Å². The van der Waals surface area contributed by atoms with Crippen molar-refractivity contribution in [3.05, 3.63) is 85.7 Å². The van der Waals surface area contributed by atoms with E-state index in [4.69, 9.17) is 5.73 Å². The number of hydrogen-bond acceptors (Lipinski definition) is 5. The van der Waals surface area contributed by atoms with Crippen LogP contribution in [-0.2, 0) is 14.1 Å². The Balaban J connectivity index is 2.18. The summed E-state index contributed by atoms with van der Waals surface area (Å²) in [6.07, 6.45) is 1.68. The summed E-state index contributed by atoms with van der Waals surface area (Å²) in [6, 6.07) is 13.0. The molecular formula is C20H17N5O4. The summed E-state index contributed by atoms with van der Waals surface area (Å²) in [5, 5.41) is 11.6. The number of fused-ring (bicyclic) bond motifs is 1. The molecule has 9 nitrogen and oxygen atoms in total. The maximum Gasteiger partial charge on any atom is 0.330 e. The first-order chi connectivity index (χ1) is 13.8. The van der Waals surface area contributed by atoms with Crippen molar-refractivity contribution in [1.82, 2.24) is 13.7 Å². The van der Waals surface area contributed by atoms with E-state index in [1.54, 1.807) is 54.2 Å². The van der Waals surface area contributed by atoms with Gasteiger partial charge in [0.1, 0.15) is 0 Å². The number of nitro benzene ring substituents is 1. The van der Waals surface area contributed by atoms with Crippen molar-refractivity contribution in [2.24, 2.45) is 14.1 Å². The Morgan fingerprint density at radius 1 is 1.00 bits per heavy atom. The number of nitro groups is 1. The molecule has 0 atom stereocenters. The zero-order valence-electron chi connectivity index (χ0n) is 15.7. The van der Waals surface area contributed by atoms with Gasteiger partial charge in [-0.15, -0.1) is 0 Å². The largest absolute Gasteiger partial charge is 0.399 e. The van der Waals surface area contributed by atoms with Crippen LogP contribution in [0.15, 0.2) is 64.3 Å². The first-order valence-electron chi connectivity index (χ1n) is 8.71. The van der Waals surface area contributed by atoms with E-state index in [0.29, 0.717) is 33.5 Å². The second-order valence-corrected chi connectivity index (χ2v) is 6.71. The molecule has 0 radical (unpaired) electrons. The number of benzene rings is 2. The number of aromatic nitrogens is 3. The molecule has 0 aliphatic rings. The lowest BCUT2D eigenvalue weighted by atomic mass is 10.1. The average Bonchev–Trinajstić information content (AvgIpc) is 3.12. The van der Waals surface area contributed by atoms with Crippen LogP contribution >= 0.6 is 0 Å². The Morgan fingerprint density at radius 2 is 1.69 bits per heavy atom. The molecule has 0 saturated heterocycles. The summed E-state index contributed by atoms with van der Waals surface area (Å²) in [5.74, 6) is 0. The lowest BCUT2D eigenvalue weighted by molar-refractivity contribution is -0.384. The highest BCUT2D eigenvalue weighted by Crippen LogP contribution is 2.32. The van der Waals surface area contributed by atoms with E-state index in [0.717, 1.165) is 4.57 Å². The van der Waals surface area contributed by atoms with E-state index in [1.165, 1.54) is 23.7 Å². The molecule has 0 bridgehead atoms. The van der Waals surface area contributed by atoms with Crippen molar-refractivity contribution < 1.29 is 4.92 Å². The van der Waals surface area contributed by atoms with Crippen molar-refractivity contribution >= 4 is 22.3 Å². The van der Waals surface area contributed by atoms with Crippen LogP contribution in [0.1, 0.15) is 0 Å². The molecule has 2 N–H and O–H groups in total. The Hall–Kier alpha value is -4.14. The summed E-state index contributed by atoms with van der Waals surface area (Å²) in [6.45, 7) is 0. The van der Waals surface area contributed by atoms with Crippen LogP contribution in [0.4, 0.5) is 11.4 Å². The number of non-ortho nitro benzene ring substituents is 1. The Labute approximate surface area is 164 Å². The van der Waals surface area contributed by atoms with Crippen molar-refractivity contribution in [1.29, 1.82) is 0 Å². The van der Waals surface area contributed by atoms with Crippen molar-refractivity contribution in [2.75, 3.05) is 5.73 Å². The predicted octanol–water partition coefficient (Wildman–Crippen LogP) is 2.19. The first-order valence-corrected chi connectivity index (χ1v) is 8.71. The van der Waals surface area contributed by atoms with E-state index in [2.05, 4.69) is 0 Å². The lowest BCUT2D eigenvalue weighted by Crippen LogP contribution is -2.36. The smallest absolute Gasteiger partial charge is 0.330 e. The van der Waals surface area contributed by atoms with Gasteiger partial charge in [0, 0.05) is 49.4 Å². The van der Waals surface area contributed by atoms with E-state index in [-0.39, 0.29) is 5.69 Å². The minimum absolute atomic E-state index is 0.0950. The zero-order valence-corrected chi connectivity index (χ0v) is 15.7. The number of rotatable bonds is 3. The van der Waals surface area contributed by atoms with E-state index < -0.39 is 16.2 Å². The van der Waals surface area contributed by atoms with Gasteiger partial charge in [-0.3, -0.25) is 24.0 Å². The molecule has 29 heavy (non-hydrogen) atoms. The molecule has 0 saturated carbocycles. The number of nitrogen functional groups attached to an aromatic ring is 1. The van der Waals surface area contributed by atoms with Crippen LogP contribution < -0.4 is 17.0 Å². The molecular weight excluding hydrogens is 374 g/mol. The molecule has 4 aromatic rings. The van der Waals surface area contributed by atoms with Crippen LogP contribution in [0.2, 0.25) is 0 Å². The second-order valence-electron chi connectivity index (χ2n) is 6.71. The van der Waals surface area contributed by atoms with Crippen LogP contribution in [0.5, 0.6) is 0 Å². The minimum atomic E-state index is -0.490. The number of nitrogens with two attached hydrogens (primary N) is 1. The van der Waals surface area contributed by atoms with Crippen molar-refractivity contribution in [3.8, 4) is 16.9 Å². The molecule has 0 aliphatic heterocycles. The van der Waals surface area contributed by atoms with Gasteiger partial charge >= 0.3 is 5.69 Å². The number of anilines is 1. The first kappa shape index (κ1) is 18.2. The molecule has 2 aromatic heterocycles. The summed E-state index contributed by atoms with van der Waals surface area (Å²) >= 11 is 0. The maximum absolute atomic E-state index is 13.0. The fourth-order valence-corrected chi connectivity index (χ4v) is 3.43. The van der Waals surface area contributed by atoms with Gasteiger partial charge in [0.15, 0.2) is 0 Å². The van der Waals surface area contributed by atoms with Crippen molar-refractivity contribution in [2.45, 2.75) is 0 Å². The molecule has 0 amide bonds. The van der Waals surface area contributed by atoms with E-state index >= 15 is 0 Å². The van der Waals surface area contributed by atoms with Crippen LogP contribution in [0.25, 0.3) is 27.8 Å². The van der Waals surface area contributed by atoms with Gasteiger partial charge in [-0.05, 0) is 24.3 Å². The molecule has 4 rings (SSSR count). The normalized spacial score (nSPS) is 11.1. The SMILES string of the molecule is Cn1c(=O)c2c(-c3cccc([N+](=O)[O-])c3)n(-c3ccc(N)cc3)cc2n(C)c1=O. The zero-order chi connectivity index (χ0) is 20.9. The van der Waals surface area contributed by atoms with Gasteiger partial charge in [-0.25, -0.2) is 4.79 Å². The van der Waals surface area contributed by atoms with Gasteiger partial charge in [0.25, 0.3) is 11.2 Å². The summed E-state index contributed by atoms with van der Waals surface area (Å²) < 4.78 is 4.14. The number of aryl methyl sites for hydroxylation is 1. The highest BCUT2D eigenvalue weighted by atomic mass is 16.6. The average molecular weight is 391 g/mol. The molecule has 9 heteroatoms. The minimum Gasteiger partial charge on any atom is -0.399 e. The molecule has 2 aromatic carbocycles. The monoisotopic (exact) mass is 391 g/mol. The van der Waals surface area contributed by atoms with Gasteiger partial charge in [0.2, 0.25) is 0 Å². The van der Waals surface area contributed by atoms with Crippen LogP contribution in [0.3, 0.4) is 0 Å². The number of hydrogen-bond donors (Lipinski definition) is 1. The topological polar surface area (TPSA) is 118 Å². The highest BCUT2D eigenvalue weighted by Gasteiger charge is 2.21. The summed E-state index contributed by atoms with van der Waals surface area (Å²) in [7, 11) is 2.98. The highest BCUT2D eigenvalue weighted by molar-refractivity contribution is 5.95. The lowest BCUT2D eigenvalue weighted by Gasteiger charge is -2.10.